The van der Waals surface area contributed by atoms with Crippen molar-refractivity contribution >= 4 is 27.6 Å². The fraction of sp³-hybridized carbons (Fsp3) is 0.222. The summed E-state index contributed by atoms with van der Waals surface area (Å²) in [6, 6.07) is 9.90. The molecule has 2 aromatic heterocycles. The minimum atomic E-state index is -4.72. The molecular weight excluding hydrogens is 600 g/mol. The Morgan fingerprint density at radius 1 is 1.05 bits per heavy atom. The molecule has 9 nitrogen and oxygen atoms in total. The van der Waals surface area contributed by atoms with Crippen molar-refractivity contribution < 1.29 is 30.7 Å². The number of piperidine rings is 1. The van der Waals surface area contributed by atoms with E-state index in [-0.39, 0.29) is 36.4 Å². The molecule has 1 fully saturated rings. The normalized spacial score (nSPS) is 18.0. The van der Waals surface area contributed by atoms with Gasteiger partial charge in [-0.05, 0) is 24.3 Å². The topological polar surface area (TPSA) is 132 Å². The van der Waals surface area contributed by atoms with Gasteiger partial charge in [0.15, 0.2) is 11.6 Å². The summed E-state index contributed by atoms with van der Waals surface area (Å²) >= 11 is 6.25. The van der Waals surface area contributed by atoms with E-state index in [0.717, 1.165) is 18.2 Å². The van der Waals surface area contributed by atoms with Crippen molar-refractivity contribution in [3.05, 3.63) is 94.5 Å². The van der Waals surface area contributed by atoms with Gasteiger partial charge in [0.1, 0.15) is 17.2 Å². The maximum Gasteiger partial charge on any atom is 0.228 e. The van der Waals surface area contributed by atoms with E-state index in [1.165, 1.54) is 30.6 Å². The van der Waals surface area contributed by atoms with E-state index in [9.17, 15) is 17.2 Å². The second-order valence-electron chi connectivity index (χ2n) is 9.44. The maximum atomic E-state index is 15.5. The van der Waals surface area contributed by atoms with Crippen molar-refractivity contribution in [1.29, 1.82) is 0 Å². The Bertz CT molecular complexity index is 1730. The quantitative estimate of drug-likeness (QED) is 0.187. The predicted octanol–water partition coefficient (Wildman–Crippen LogP) is 4.89. The highest BCUT2D eigenvalue weighted by Gasteiger charge is 2.35. The van der Waals surface area contributed by atoms with Gasteiger partial charge < -0.3 is 15.4 Å². The molecule has 0 bridgehead atoms. The van der Waals surface area contributed by atoms with Crippen molar-refractivity contribution in [3.8, 4) is 22.9 Å². The molecule has 0 aliphatic carbocycles. The molecule has 4 aromatic rings. The first kappa shape index (κ1) is 29.6. The summed E-state index contributed by atoms with van der Waals surface area (Å²) in [4.78, 5) is 12.7. The largest absolute Gasteiger partial charge is 0.435 e. The highest BCUT2D eigenvalue weighted by Crippen LogP contribution is 2.41. The average Bonchev–Trinajstić information content (AvgIpc) is 2.94. The number of hydrogen-bond acceptors (Lipinski definition) is 8. The maximum absolute atomic E-state index is 15.5. The number of aromatic nitrogens is 3. The van der Waals surface area contributed by atoms with Crippen LogP contribution >= 0.6 is 11.6 Å². The summed E-state index contributed by atoms with van der Waals surface area (Å²) < 4.78 is 89.6. The van der Waals surface area contributed by atoms with Gasteiger partial charge in [0.05, 0.1) is 16.3 Å². The first-order chi connectivity index (χ1) is 20.0. The lowest BCUT2D eigenvalue weighted by Crippen LogP contribution is -2.44. The van der Waals surface area contributed by atoms with Gasteiger partial charge in [-0.15, -0.1) is 0 Å². The van der Waals surface area contributed by atoms with Crippen LogP contribution in [0, 0.1) is 17.5 Å². The first-order valence-electron chi connectivity index (χ1n) is 12.5. The summed E-state index contributed by atoms with van der Waals surface area (Å²) in [7, 11) is -4.72. The molecule has 220 valence electrons. The summed E-state index contributed by atoms with van der Waals surface area (Å²) in [5.41, 5.74) is -0.829. The Hall–Kier alpha value is -3.85. The van der Waals surface area contributed by atoms with Crippen LogP contribution < -0.4 is 20.5 Å². The van der Waals surface area contributed by atoms with Gasteiger partial charge in [-0.1, -0.05) is 29.8 Å². The molecule has 15 heteroatoms. The van der Waals surface area contributed by atoms with Crippen LogP contribution in [0.15, 0.2) is 60.9 Å². The number of anilines is 1. The van der Waals surface area contributed by atoms with Crippen LogP contribution in [0.2, 0.25) is 5.02 Å². The monoisotopic (exact) mass is 622 g/mol. The third-order valence-electron chi connectivity index (χ3n) is 6.48. The molecule has 4 N–H and O–H groups in total. The van der Waals surface area contributed by atoms with Crippen molar-refractivity contribution in [3.63, 3.8) is 0 Å². The van der Waals surface area contributed by atoms with E-state index < -0.39 is 60.8 Å². The fourth-order valence-corrected chi connectivity index (χ4v) is 6.08. The molecule has 1 saturated heterocycles. The number of nitrogens with zero attached hydrogens (tertiary/aromatic N) is 3. The number of sulfonamides is 1. The van der Waals surface area contributed by atoms with Crippen LogP contribution in [-0.4, -0.2) is 48.7 Å². The van der Waals surface area contributed by atoms with Crippen LogP contribution in [0.25, 0.3) is 11.3 Å². The minimum Gasteiger partial charge on any atom is -0.435 e. The van der Waals surface area contributed by atoms with Gasteiger partial charge in [0.2, 0.25) is 27.7 Å². The van der Waals surface area contributed by atoms with E-state index in [1.807, 2.05) is 0 Å². The highest BCUT2D eigenvalue weighted by molar-refractivity contribution is 7.89. The number of nitrogens with one attached hydrogen (secondary N) is 2. The summed E-state index contributed by atoms with van der Waals surface area (Å²) in [6.07, 6.45) is 2.05. The third-order valence-corrected chi connectivity index (χ3v) is 7.94. The van der Waals surface area contributed by atoms with E-state index in [2.05, 4.69) is 25.6 Å². The Morgan fingerprint density at radius 2 is 1.83 bits per heavy atom. The molecule has 2 aromatic carbocycles. The number of primary sulfonamides is 1. The number of hydrogen-bond donors (Lipinski definition) is 3. The molecule has 0 radical (unpaired) electrons. The SMILES string of the molecule is NS(=O)(=O)C(c1ccccc1F)c1c(Cl)cc(Oc2ncccc2-c2ccnc(N[C@@H]3CNC[C@@H](F)C3)n2)c(F)c1F. The first-order valence-corrected chi connectivity index (χ1v) is 14.5. The van der Waals surface area contributed by atoms with Crippen molar-refractivity contribution in [2.45, 2.75) is 23.9 Å². The molecule has 1 aliphatic heterocycles. The van der Waals surface area contributed by atoms with Gasteiger partial charge in [-0.25, -0.2) is 41.7 Å². The second-order valence-corrected chi connectivity index (χ2v) is 11.5. The van der Waals surface area contributed by atoms with E-state index in [1.54, 1.807) is 12.1 Å². The van der Waals surface area contributed by atoms with Crippen LogP contribution in [0.1, 0.15) is 22.8 Å². The molecular formula is C27H23ClF4N6O3S. The van der Waals surface area contributed by atoms with Crippen LogP contribution in [-0.2, 0) is 10.0 Å². The zero-order valence-corrected chi connectivity index (χ0v) is 23.1. The Balaban J connectivity index is 1.49. The number of pyridine rings is 1. The highest BCUT2D eigenvalue weighted by atomic mass is 35.5. The lowest BCUT2D eigenvalue weighted by Gasteiger charge is -2.26. The van der Waals surface area contributed by atoms with E-state index in [0.29, 0.717) is 12.2 Å². The number of nitrogens with two attached hydrogens (primary N) is 1. The number of rotatable bonds is 8. The fourth-order valence-electron chi connectivity index (χ4n) is 4.62. The van der Waals surface area contributed by atoms with Gasteiger partial charge in [0, 0.05) is 55.1 Å². The van der Waals surface area contributed by atoms with Gasteiger partial charge in [0.25, 0.3) is 0 Å². The Labute approximate surface area is 243 Å². The Kier molecular flexibility index (Phi) is 8.59. The van der Waals surface area contributed by atoms with E-state index in [4.69, 9.17) is 21.5 Å². The number of halogens is 5. The van der Waals surface area contributed by atoms with Crippen LogP contribution in [0.4, 0.5) is 23.5 Å². The number of alkyl halides is 1. The zero-order chi connectivity index (χ0) is 30.0. The van der Waals surface area contributed by atoms with Crippen LogP contribution in [0.5, 0.6) is 11.6 Å². The number of benzene rings is 2. The zero-order valence-electron chi connectivity index (χ0n) is 21.6. The smallest absolute Gasteiger partial charge is 0.228 e. The predicted molar refractivity (Wildman–Crippen MR) is 148 cm³/mol. The molecule has 5 rings (SSSR count). The molecule has 1 unspecified atom stereocenters. The molecule has 3 heterocycles. The third kappa shape index (κ3) is 6.31. The van der Waals surface area contributed by atoms with Gasteiger partial charge in [-0.2, -0.15) is 4.39 Å². The van der Waals surface area contributed by atoms with Crippen LogP contribution in [0.3, 0.4) is 0 Å². The average molecular weight is 623 g/mol. The standard InChI is InChI=1S/C27H23ClF4N6O3S/c28-18-11-21(23(31)24(32)22(18)25(42(33,39)40)16-4-1-2-6-19(16)30)41-26-17(5-3-8-35-26)20-7-9-36-27(38-20)37-15-10-14(29)12-34-13-15/h1-9,11,14-15,25,34H,10,12-13H2,(H2,33,39,40)(H,36,37,38)/t14-,15-,25?/m0/s1. The molecule has 0 amide bonds. The van der Waals surface area contributed by atoms with Crippen molar-refractivity contribution in [1.82, 2.24) is 20.3 Å². The number of ether oxygens (including phenoxy) is 1. The van der Waals surface area contributed by atoms with Gasteiger partial charge in [-0.3, -0.25) is 0 Å². The summed E-state index contributed by atoms with van der Waals surface area (Å²) in [6.45, 7) is 0.781. The van der Waals surface area contributed by atoms with Crippen molar-refractivity contribution in [2.24, 2.45) is 5.14 Å². The van der Waals surface area contributed by atoms with Gasteiger partial charge >= 0.3 is 0 Å². The van der Waals surface area contributed by atoms with E-state index >= 15 is 8.78 Å². The molecule has 3 atom stereocenters. The summed E-state index contributed by atoms with van der Waals surface area (Å²) in [5, 5.41) is 8.62. The molecule has 42 heavy (non-hydrogen) atoms. The Morgan fingerprint density at radius 3 is 2.57 bits per heavy atom. The summed E-state index contributed by atoms with van der Waals surface area (Å²) in [5.74, 6) is -5.02. The van der Waals surface area contributed by atoms with Crippen molar-refractivity contribution in [2.75, 3.05) is 18.4 Å². The minimum absolute atomic E-state index is 0.190. The lowest BCUT2D eigenvalue weighted by molar-refractivity contribution is 0.254. The lowest BCUT2D eigenvalue weighted by atomic mass is 10.0. The second kappa shape index (κ2) is 12.2. The molecule has 0 spiro atoms. The molecule has 1 aliphatic rings. The molecule has 0 saturated carbocycles.